The van der Waals surface area contributed by atoms with Crippen LogP contribution in [-0.2, 0) is 17.8 Å². The lowest BCUT2D eigenvalue weighted by Crippen LogP contribution is -2.18. The second-order valence-electron chi connectivity index (χ2n) is 4.84. The molecule has 5 heteroatoms. The number of hydrogen-bond acceptors (Lipinski definition) is 4. The zero-order valence-electron chi connectivity index (χ0n) is 10.7. The Morgan fingerprint density at radius 3 is 2.59 bits per heavy atom. The highest BCUT2D eigenvalue weighted by Gasteiger charge is 2.20. The Labute approximate surface area is 101 Å². The molecule has 0 spiro atoms. The molecule has 0 radical (unpaired) electrons. The molecule has 96 valence electrons. The molecule has 0 aromatic carbocycles. The molecule has 0 aliphatic heterocycles. The predicted octanol–water partition coefficient (Wildman–Crippen LogP) is 2.64. The fourth-order valence-electron chi connectivity index (χ4n) is 1.31. The molecule has 0 aliphatic rings. The molecular formula is C12H19NO4. The van der Waals surface area contributed by atoms with Crippen molar-refractivity contribution in [3.63, 3.8) is 0 Å². The first-order valence-corrected chi connectivity index (χ1v) is 5.69. The smallest absolute Gasteiger partial charge is 0.373 e. The average Bonchev–Trinajstić information content (AvgIpc) is 2.58. The van der Waals surface area contributed by atoms with E-state index in [2.05, 4.69) is 4.98 Å². The Bertz CT molecular complexity index is 390. The predicted molar refractivity (Wildman–Crippen MR) is 62.0 cm³/mol. The first kappa shape index (κ1) is 13.7. The molecule has 5 nitrogen and oxygen atoms in total. The van der Waals surface area contributed by atoms with Gasteiger partial charge in [-0.1, -0.05) is 13.3 Å². The molecule has 0 amide bonds. The summed E-state index contributed by atoms with van der Waals surface area (Å²) >= 11 is 0. The van der Waals surface area contributed by atoms with Gasteiger partial charge in [0.1, 0.15) is 6.61 Å². The topological polar surface area (TPSA) is 72.6 Å². The quantitative estimate of drug-likeness (QED) is 0.857. The van der Waals surface area contributed by atoms with E-state index in [9.17, 15) is 4.79 Å². The second-order valence-corrected chi connectivity index (χ2v) is 4.84. The third-order valence-electron chi connectivity index (χ3n) is 2.05. The van der Waals surface area contributed by atoms with Crippen LogP contribution >= 0.6 is 0 Å². The number of oxazole rings is 1. The van der Waals surface area contributed by atoms with Crippen molar-refractivity contribution in [2.45, 2.75) is 52.7 Å². The van der Waals surface area contributed by atoms with E-state index in [4.69, 9.17) is 14.3 Å². The number of rotatable bonds is 5. The van der Waals surface area contributed by atoms with Gasteiger partial charge in [0, 0.05) is 0 Å². The fourth-order valence-corrected chi connectivity index (χ4v) is 1.31. The molecule has 0 atom stereocenters. The average molecular weight is 241 g/mol. The number of aromatic carboxylic acids is 1. The summed E-state index contributed by atoms with van der Waals surface area (Å²) in [5, 5.41) is 8.96. The van der Waals surface area contributed by atoms with Gasteiger partial charge in [0.25, 0.3) is 0 Å². The van der Waals surface area contributed by atoms with Crippen LogP contribution in [0.25, 0.3) is 0 Å². The van der Waals surface area contributed by atoms with E-state index >= 15 is 0 Å². The standard InChI is InChI=1S/C12H19NO4/c1-5-6-8-10(11(14)15)17-9(13-8)7-16-12(2,3)4/h5-7H2,1-4H3,(H,14,15). The Morgan fingerprint density at radius 1 is 1.47 bits per heavy atom. The van der Waals surface area contributed by atoms with Gasteiger partial charge < -0.3 is 14.3 Å². The summed E-state index contributed by atoms with van der Waals surface area (Å²) in [4.78, 5) is 15.1. The number of nitrogens with zero attached hydrogens (tertiary/aromatic N) is 1. The Balaban J connectivity index is 2.81. The van der Waals surface area contributed by atoms with E-state index in [1.807, 2.05) is 27.7 Å². The van der Waals surface area contributed by atoms with Gasteiger partial charge in [-0.05, 0) is 27.2 Å². The fraction of sp³-hybridized carbons (Fsp3) is 0.667. The van der Waals surface area contributed by atoms with Gasteiger partial charge >= 0.3 is 5.97 Å². The monoisotopic (exact) mass is 241 g/mol. The molecule has 1 N–H and O–H groups in total. The van der Waals surface area contributed by atoms with Crippen LogP contribution in [0.1, 0.15) is 56.3 Å². The highest BCUT2D eigenvalue weighted by atomic mass is 16.5. The lowest BCUT2D eigenvalue weighted by Gasteiger charge is -2.17. The maximum Gasteiger partial charge on any atom is 0.373 e. The maximum absolute atomic E-state index is 10.9. The van der Waals surface area contributed by atoms with Crippen LogP contribution in [0.3, 0.4) is 0 Å². The summed E-state index contributed by atoms with van der Waals surface area (Å²) in [5.74, 6) is -0.830. The van der Waals surface area contributed by atoms with E-state index in [1.54, 1.807) is 0 Å². The van der Waals surface area contributed by atoms with Crippen molar-refractivity contribution in [1.29, 1.82) is 0 Å². The van der Waals surface area contributed by atoms with E-state index in [1.165, 1.54) is 0 Å². The van der Waals surface area contributed by atoms with Crippen LogP contribution in [0.4, 0.5) is 0 Å². The number of carboxylic acids is 1. The van der Waals surface area contributed by atoms with Crippen molar-refractivity contribution in [1.82, 2.24) is 4.98 Å². The molecule has 17 heavy (non-hydrogen) atoms. The maximum atomic E-state index is 10.9. The van der Waals surface area contributed by atoms with Gasteiger partial charge in [-0.25, -0.2) is 9.78 Å². The number of carboxylic acid groups (broad SMARTS) is 1. The lowest BCUT2D eigenvalue weighted by molar-refractivity contribution is -0.0246. The lowest BCUT2D eigenvalue weighted by atomic mass is 10.2. The highest BCUT2D eigenvalue weighted by molar-refractivity contribution is 5.85. The summed E-state index contributed by atoms with van der Waals surface area (Å²) in [5.41, 5.74) is 0.190. The van der Waals surface area contributed by atoms with E-state index in [0.717, 1.165) is 6.42 Å². The minimum Gasteiger partial charge on any atom is -0.475 e. The van der Waals surface area contributed by atoms with Crippen LogP contribution in [0.2, 0.25) is 0 Å². The van der Waals surface area contributed by atoms with Gasteiger partial charge in [0.05, 0.1) is 11.3 Å². The van der Waals surface area contributed by atoms with Gasteiger partial charge in [-0.15, -0.1) is 0 Å². The van der Waals surface area contributed by atoms with Crippen molar-refractivity contribution < 1.29 is 19.1 Å². The van der Waals surface area contributed by atoms with Crippen LogP contribution in [0.15, 0.2) is 4.42 Å². The third kappa shape index (κ3) is 4.19. The molecule has 0 fully saturated rings. The van der Waals surface area contributed by atoms with Gasteiger partial charge in [0.15, 0.2) is 0 Å². The van der Waals surface area contributed by atoms with Crippen molar-refractivity contribution in [3.8, 4) is 0 Å². The van der Waals surface area contributed by atoms with Crippen LogP contribution in [-0.4, -0.2) is 21.7 Å². The summed E-state index contributed by atoms with van der Waals surface area (Å²) in [6, 6.07) is 0. The highest BCUT2D eigenvalue weighted by Crippen LogP contribution is 2.16. The number of carbonyl (C=O) groups is 1. The normalized spacial score (nSPS) is 11.8. The summed E-state index contributed by atoms with van der Waals surface area (Å²) in [7, 11) is 0. The molecule has 0 saturated heterocycles. The second kappa shape index (κ2) is 5.31. The van der Waals surface area contributed by atoms with Crippen molar-refractivity contribution >= 4 is 5.97 Å². The molecule has 0 saturated carbocycles. The molecule has 0 unspecified atom stereocenters. The zero-order valence-corrected chi connectivity index (χ0v) is 10.7. The molecule has 0 aliphatic carbocycles. The summed E-state index contributed by atoms with van der Waals surface area (Å²) in [6.45, 7) is 7.90. The minimum atomic E-state index is -1.08. The molecule has 1 heterocycles. The number of ether oxygens (including phenoxy) is 1. The summed E-state index contributed by atoms with van der Waals surface area (Å²) in [6.07, 6.45) is 1.42. The third-order valence-corrected chi connectivity index (χ3v) is 2.05. The Kier molecular flexibility index (Phi) is 4.28. The van der Waals surface area contributed by atoms with Crippen LogP contribution in [0.5, 0.6) is 0 Å². The number of aromatic nitrogens is 1. The first-order chi connectivity index (χ1) is 7.83. The summed E-state index contributed by atoms with van der Waals surface area (Å²) < 4.78 is 10.7. The first-order valence-electron chi connectivity index (χ1n) is 5.69. The largest absolute Gasteiger partial charge is 0.475 e. The molecule has 1 aromatic rings. The van der Waals surface area contributed by atoms with E-state index in [-0.39, 0.29) is 18.0 Å². The zero-order chi connectivity index (χ0) is 13.1. The SMILES string of the molecule is CCCc1nc(COC(C)(C)C)oc1C(=O)O. The van der Waals surface area contributed by atoms with Crippen molar-refractivity contribution in [2.24, 2.45) is 0 Å². The van der Waals surface area contributed by atoms with Gasteiger partial charge in [0.2, 0.25) is 11.7 Å². The molecule has 0 bridgehead atoms. The van der Waals surface area contributed by atoms with Crippen molar-refractivity contribution in [2.75, 3.05) is 0 Å². The van der Waals surface area contributed by atoms with Gasteiger partial charge in [-0.3, -0.25) is 0 Å². The molecule has 1 aromatic heterocycles. The van der Waals surface area contributed by atoms with E-state index in [0.29, 0.717) is 18.0 Å². The van der Waals surface area contributed by atoms with E-state index < -0.39 is 5.97 Å². The van der Waals surface area contributed by atoms with Gasteiger partial charge in [-0.2, -0.15) is 0 Å². The van der Waals surface area contributed by atoms with Crippen molar-refractivity contribution in [3.05, 3.63) is 17.3 Å². The van der Waals surface area contributed by atoms with Crippen LogP contribution < -0.4 is 0 Å². The Morgan fingerprint density at radius 2 is 2.12 bits per heavy atom. The minimum absolute atomic E-state index is 0.0700. The van der Waals surface area contributed by atoms with Crippen LogP contribution in [0, 0.1) is 0 Å². The molecular weight excluding hydrogens is 222 g/mol. The molecule has 1 rings (SSSR count). The number of hydrogen-bond donors (Lipinski definition) is 1. The number of aryl methyl sites for hydroxylation is 1. The Hall–Kier alpha value is -1.36.